The zero-order valence-corrected chi connectivity index (χ0v) is 9.56. The molecule has 5 nitrogen and oxygen atoms in total. The summed E-state index contributed by atoms with van der Waals surface area (Å²) < 4.78 is 10.3. The lowest BCUT2D eigenvalue weighted by Crippen LogP contribution is -1.90. The Labute approximate surface area is 98.4 Å². The van der Waals surface area contributed by atoms with Crippen molar-refractivity contribution in [2.24, 2.45) is 0 Å². The first kappa shape index (κ1) is 11.2. The van der Waals surface area contributed by atoms with Gasteiger partial charge in [-0.2, -0.15) is 0 Å². The number of carbonyl (C=O) groups is 1. The highest BCUT2D eigenvalue weighted by atomic mass is 16.5. The quantitative estimate of drug-likeness (QED) is 0.818. The molecule has 2 aromatic rings. The number of carbonyl (C=O) groups excluding carboxylic acids is 1. The predicted molar refractivity (Wildman–Crippen MR) is 62.5 cm³/mol. The number of aromatic amines is 1. The molecule has 0 aliphatic heterocycles. The molecule has 0 unspecified atom stereocenters. The number of hydrogen-bond acceptors (Lipinski definition) is 4. The van der Waals surface area contributed by atoms with Crippen LogP contribution in [0.2, 0.25) is 0 Å². The maximum Gasteiger partial charge on any atom is 0.167 e. The molecule has 0 aliphatic rings. The van der Waals surface area contributed by atoms with Gasteiger partial charge in [-0.05, 0) is 12.1 Å². The van der Waals surface area contributed by atoms with Crippen molar-refractivity contribution in [3.8, 4) is 22.9 Å². The maximum atomic E-state index is 10.6. The van der Waals surface area contributed by atoms with Crippen molar-refractivity contribution in [3.05, 3.63) is 30.1 Å². The number of hydrogen-bond donors (Lipinski definition) is 1. The molecule has 1 N–H and O–H groups in total. The number of imidazole rings is 1. The van der Waals surface area contributed by atoms with Crippen LogP contribution in [0, 0.1) is 0 Å². The van der Waals surface area contributed by atoms with Crippen molar-refractivity contribution in [3.63, 3.8) is 0 Å². The van der Waals surface area contributed by atoms with Crippen LogP contribution < -0.4 is 9.47 Å². The summed E-state index contributed by atoms with van der Waals surface area (Å²) in [6.07, 6.45) is 2.20. The molecular formula is C12H12N2O3. The van der Waals surface area contributed by atoms with Gasteiger partial charge >= 0.3 is 0 Å². The van der Waals surface area contributed by atoms with Gasteiger partial charge in [-0.3, -0.25) is 4.79 Å². The normalized spacial score (nSPS) is 10.0. The third-order valence-corrected chi connectivity index (χ3v) is 2.35. The Kier molecular flexibility index (Phi) is 3.09. The highest BCUT2D eigenvalue weighted by molar-refractivity contribution is 5.73. The summed E-state index contributed by atoms with van der Waals surface area (Å²) in [5, 5.41) is 0. The number of rotatable bonds is 4. The number of methoxy groups -OCH3 is 2. The number of ether oxygens (including phenoxy) is 2. The van der Waals surface area contributed by atoms with E-state index in [1.807, 2.05) is 12.1 Å². The molecule has 17 heavy (non-hydrogen) atoms. The molecule has 0 saturated carbocycles. The van der Waals surface area contributed by atoms with Crippen LogP contribution in [0.5, 0.6) is 11.5 Å². The first-order valence-corrected chi connectivity index (χ1v) is 5.00. The van der Waals surface area contributed by atoms with Crippen molar-refractivity contribution in [2.45, 2.75) is 0 Å². The molecule has 0 atom stereocenters. The van der Waals surface area contributed by atoms with Gasteiger partial charge in [-0.1, -0.05) is 0 Å². The second-order valence-electron chi connectivity index (χ2n) is 3.41. The fourth-order valence-corrected chi connectivity index (χ4v) is 1.49. The largest absolute Gasteiger partial charge is 0.497 e. The van der Waals surface area contributed by atoms with Gasteiger partial charge in [0.05, 0.1) is 26.1 Å². The highest BCUT2D eigenvalue weighted by Crippen LogP contribution is 2.27. The first-order valence-electron chi connectivity index (χ1n) is 5.00. The number of H-pyrrole nitrogens is 1. The molecule has 5 heteroatoms. The van der Waals surface area contributed by atoms with Crippen molar-refractivity contribution < 1.29 is 14.3 Å². The van der Waals surface area contributed by atoms with Crippen LogP contribution in [0.15, 0.2) is 24.4 Å². The fourth-order valence-electron chi connectivity index (χ4n) is 1.49. The molecule has 0 aliphatic carbocycles. The summed E-state index contributed by atoms with van der Waals surface area (Å²) in [5.74, 6) is 1.94. The van der Waals surface area contributed by atoms with Gasteiger partial charge in [-0.25, -0.2) is 4.98 Å². The second-order valence-corrected chi connectivity index (χ2v) is 3.41. The van der Waals surface area contributed by atoms with E-state index in [0.29, 0.717) is 29.3 Å². The molecule has 0 bridgehead atoms. The molecule has 0 amide bonds. The Morgan fingerprint density at radius 3 is 2.29 bits per heavy atom. The molecule has 0 saturated heterocycles. The van der Waals surface area contributed by atoms with E-state index < -0.39 is 0 Å². The Balaban J connectivity index is 2.46. The van der Waals surface area contributed by atoms with Crippen LogP contribution >= 0.6 is 0 Å². The summed E-state index contributed by atoms with van der Waals surface area (Å²) in [4.78, 5) is 17.6. The van der Waals surface area contributed by atoms with Crippen molar-refractivity contribution >= 4 is 6.29 Å². The Morgan fingerprint density at radius 2 is 1.82 bits per heavy atom. The Morgan fingerprint density at radius 1 is 1.18 bits per heavy atom. The number of aldehydes is 1. The van der Waals surface area contributed by atoms with E-state index >= 15 is 0 Å². The van der Waals surface area contributed by atoms with Crippen LogP contribution in [0.3, 0.4) is 0 Å². The van der Waals surface area contributed by atoms with Crippen molar-refractivity contribution in [1.29, 1.82) is 0 Å². The summed E-state index contributed by atoms with van der Waals surface area (Å²) >= 11 is 0. The van der Waals surface area contributed by atoms with Crippen LogP contribution in [-0.4, -0.2) is 30.5 Å². The van der Waals surface area contributed by atoms with E-state index in [0.717, 1.165) is 5.56 Å². The van der Waals surface area contributed by atoms with E-state index in [-0.39, 0.29) is 0 Å². The zero-order chi connectivity index (χ0) is 12.3. The molecule has 0 spiro atoms. The molecule has 1 aromatic heterocycles. The van der Waals surface area contributed by atoms with E-state index in [1.54, 1.807) is 20.3 Å². The molecule has 1 heterocycles. The van der Waals surface area contributed by atoms with Gasteiger partial charge in [-0.15, -0.1) is 0 Å². The van der Waals surface area contributed by atoms with Gasteiger partial charge in [0.1, 0.15) is 17.3 Å². The monoisotopic (exact) mass is 232 g/mol. The topological polar surface area (TPSA) is 64.2 Å². The average molecular weight is 232 g/mol. The molecule has 2 rings (SSSR count). The third kappa shape index (κ3) is 2.28. The van der Waals surface area contributed by atoms with Gasteiger partial charge in [0, 0.05) is 11.6 Å². The van der Waals surface area contributed by atoms with Gasteiger partial charge in [0.25, 0.3) is 0 Å². The molecule has 0 radical (unpaired) electrons. The van der Waals surface area contributed by atoms with E-state index in [4.69, 9.17) is 9.47 Å². The lowest BCUT2D eigenvalue weighted by Gasteiger charge is -2.06. The van der Waals surface area contributed by atoms with E-state index in [9.17, 15) is 4.79 Å². The minimum absolute atomic E-state index is 0.432. The third-order valence-electron chi connectivity index (χ3n) is 2.35. The van der Waals surface area contributed by atoms with E-state index in [1.165, 1.54) is 6.20 Å². The zero-order valence-electron chi connectivity index (χ0n) is 9.56. The minimum Gasteiger partial charge on any atom is -0.497 e. The lowest BCUT2D eigenvalue weighted by molar-refractivity contribution is 0.111. The van der Waals surface area contributed by atoms with E-state index in [2.05, 4.69) is 9.97 Å². The average Bonchev–Trinajstić information content (AvgIpc) is 2.86. The van der Waals surface area contributed by atoms with Gasteiger partial charge in [0.2, 0.25) is 0 Å². The van der Waals surface area contributed by atoms with Gasteiger partial charge < -0.3 is 14.5 Å². The second kappa shape index (κ2) is 4.69. The molecule has 88 valence electrons. The number of nitrogens with one attached hydrogen (secondary N) is 1. The maximum absolute atomic E-state index is 10.6. The SMILES string of the molecule is COc1cc(OC)cc(-c2ncc(C=O)[nH]2)c1. The minimum atomic E-state index is 0.432. The summed E-state index contributed by atoms with van der Waals surface area (Å²) in [7, 11) is 3.16. The number of benzene rings is 1. The van der Waals surface area contributed by atoms with Gasteiger partial charge in [0.15, 0.2) is 6.29 Å². The summed E-state index contributed by atoms with van der Waals surface area (Å²) in [5.41, 5.74) is 1.23. The van der Waals surface area contributed by atoms with Crippen LogP contribution in [0.4, 0.5) is 0 Å². The van der Waals surface area contributed by atoms with Crippen molar-refractivity contribution in [1.82, 2.24) is 9.97 Å². The summed E-state index contributed by atoms with van der Waals surface area (Å²) in [6.45, 7) is 0. The van der Waals surface area contributed by atoms with Crippen LogP contribution in [0.1, 0.15) is 10.5 Å². The Bertz CT molecular complexity index is 512. The van der Waals surface area contributed by atoms with Crippen LogP contribution in [-0.2, 0) is 0 Å². The fraction of sp³-hybridized carbons (Fsp3) is 0.167. The predicted octanol–water partition coefficient (Wildman–Crippen LogP) is 1.91. The number of nitrogens with zero attached hydrogens (tertiary/aromatic N) is 1. The standard InChI is InChI=1S/C12H12N2O3/c1-16-10-3-8(4-11(5-10)17-2)12-13-6-9(7-15)14-12/h3-7H,1-2H3,(H,13,14). The van der Waals surface area contributed by atoms with Crippen molar-refractivity contribution in [2.75, 3.05) is 14.2 Å². The lowest BCUT2D eigenvalue weighted by atomic mass is 10.2. The Hall–Kier alpha value is -2.30. The molecule has 0 fully saturated rings. The van der Waals surface area contributed by atoms with Crippen LogP contribution in [0.25, 0.3) is 11.4 Å². The highest BCUT2D eigenvalue weighted by Gasteiger charge is 2.07. The molecule has 1 aromatic carbocycles. The smallest absolute Gasteiger partial charge is 0.167 e. The number of aromatic nitrogens is 2. The first-order chi connectivity index (χ1) is 8.26. The molecular weight excluding hydrogens is 220 g/mol. The summed E-state index contributed by atoms with van der Waals surface area (Å²) in [6, 6.07) is 5.40.